The molecule has 2 atom stereocenters. The Kier molecular flexibility index (Phi) is 3.55. The van der Waals surface area contributed by atoms with E-state index in [1.807, 2.05) is 6.20 Å². The second kappa shape index (κ2) is 5.33. The molecule has 0 aliphatic carbocycles. The fourth-order valence-electron chi connectivity index (χ4n) is 3.10. The monoisotopic (exact) mass is 264 g/mol. The van der Waals surface area contributed by atoms with Crippen molar-refractivity contribution >= 4 is 5.97 Å². The van der Waals surface area contributed by atoms with Gasteiger partial charge in [-0.2, -0.15) is 0 Å². The summed E-state index contributed by atoms with van der Waals surface area (Å²) in [6, 6.07) is 0. The van der Waals surface area contributed by atoms with E-state index in [0.29, 0.717) is 12.5 Å². The first-order valence-corrected chi connectivity index (χ1v) is 7.08. The molecule has 0 bridgehead atoms. The van der Waals surface area contributed by atoms with E-state index in [9.17, 15) is 4.79 Å². The molecule has 1 N–H and O–H groups in total. The minimum Gasteiger partial charge on any atom is -0.481 e. The summed E-state index contributed by atoms with van der Waals surface area (Å²) in [5.74, 6) is 0.622. The molecule has 0 spiro atoms. The van der Waals surface area contributed by atoms with Crippen molar-refractivity contribution in [1.82, 2.24) is 9.55 Å². The lowest BCUT2D eigenvalue weighted by Crippen LogP contribution is -2.28. The molecule has 0 saturated carbocycles. The first-order chi connectivity index (χ1) is 9.24. The van der Waals surface area contributed by atoms with Gasteiger partial charge in [0.25, 0.3) is 0 Å². The van der Waals surface area contributed by atoms with Gasteiger partial charge in [0, 0.05) is 38.1 Å². The van der Waals surface area contributed by atoms with Crippen molar-refractivity contribution in [3.63, 3.8) is 0 Å². The maximum Gasteiger partial charge on any atom is 0.308 e. The van der Waals surface area contributed by atoms with Crippen molar-refractivity contribution in [1.29, 1.82) is 0 Å². The van der Waals surface area contributed by atoms with E-state index in [-0.39, 0.29) is 5.92 Å². The fraction of sp³-hybridized carbons (Fsp3) is 0.714. The Morgan fingerprint density at radius 1 is 1.53 bits per heavy atom. The molecule has 1 aromatic rings. The minimum atomic E-state index is -0.689. The number of carboxylic acids is 1. The predicted octanol–water partition coefficient (Wildman–Crippen LogP) is 1.50. The van der Waals surface area contributed by atoms with Crippen molar-refractivity contribution in [3.8, 4) is 0 Å². The molecule has 19 heavy (non-hydrogen) atoms. The van der Waals surface area contributed by atoms with E-state index < -0.39 is 5.97 Å². The summed E-state index contributed by atoms with van der Waals surface area (Å²) >= 11 is 0. The van der Waals surface area contributed by atoms with Crippen LogP contribution in [0.25, 0.3) is 0 Å². The predicted molar refractivity (Wildman–Crippen MR) is 68.9 cm³/mol. The second-order valence-corrected chi connectivity index (χ2v) is 5.64. The highest BCUT2D eigenvalue weighted by molar-refractivity contribution is 5.70. The molecule has 0 amide bonds. The molecular weight excluding hydrogens is 244 g/mol. The number of hydrogen-bond donors (Lipinski definition) is 1. The number of rotatable bonds is 3. The summed E-state index contributed by atoms with van der Waals surface area (Å²) in [7, 11) is 0. The van der Waals surface area contributed by atoms with E-state index in [2.05, 4.69) is 9.55 Å². The van der Waals surface area contributed by atoms with Gasteiger partial charge in [-0.1, -0.05) is 0 Å². The van der Waals surface area contributed by atoms with E-state index >= 15 is 0 Å². The van der Waals surface area contributed by atoms with Gasteiger partial charge in [-0.15, -0.1) is 0 Å². The van der Waals surface area contributed by atoms with Crippen molar-refractivity contribution in [2.24, 2.45) is 11.8 Å². The number of aliphatic carboxylic acids is 1. The van der Waals surface area contributed by atoms with Crippen LogP contribution in [0.4, 0.5) is 0 Å². The van der Waals surface area contributed by atoms with E-state index in [1.54, 1.807) is 0 Å². The van der Waals surface area contributed by atoms with Crippen LogP contribution in [0.2, 0.25) is 0 Å². The summed E-state index contributed by atoms with van der Waals surface area (Å²) in [4.78, 5) is 15.6. The molecule has 1 fully saturated rings. The molecule has 3 rings (SSSR count). The molecular formula is C14H20N2O3. The average molecular weight is 264 g/mol. The van der Waals surface area contributed by atoms with Crippen LogP contribution in [0.5, 0.6) is 0 Å². The number of aromatic nitrogens is 2. The Morgan fingerprint density at radius 3 is 3.16 bits per heavy atom. The Hall–Kier alpha value is -1.36. The maximum atomic E-state index is 11.1. The number of imidazole rings is 1. The van der Waals surface area contributed by atoms with E-state index in [4.69, 9.17) is 9.84 Å². The lowest BCUT2D eigenvalue weighted by molar-refractivity contribution is -0.142. The highest BCUT2D eigenvalue weighted by atomic mass is 16.5. The highest BCUT2D eigenvalue weighted by Gasteiger charge is 2.27. The molecule has 2 aliphatic rings. The molecule has 1 aromatic heterocycles. The lowest BCUT2D eigenvalue weighted by Gasteiger charge is -2.25. The summed E-state index contributed by atoms with van der Waals surface area (Å²) in [5.41, 5.74) is 1.18. The molecule has 1 saturated heterocycles. The smallest absolute Gasteiger partial charge is 0.308 e. The van der Waals surface area contributed by atoms with Gasteiger partial charge in [-0.25, -0.2) is 4.98 Å². The zero-order valence-electron chi connectivity index (χ0n) is 11.0. The van der Waals surface area contributed by atoms with Crippen LogP contribution in [-0.4, -0.2) is 33.8 Å². The number of carboxylic acid groups (broad SMARTS) is 1. The number of ether oxygens (including phenoxy) is 1. The van der Waals surface area contributed by atoms with Gasteiger partial charge in [0.05, 0.1) is 5.92 Å². The summed E-state index contributed by atoms with van der Waals surface area (Å²) in [6.45, 7) is 2.26. The minimum absolute atomic E-state index is 0.261. The lowest BCUT2D eigenvalue weighted by atomic mass is 9.96. The second-order valence-electron chi connectivity index (χ2n) is 5.64. The third-order valence-corrected chi connectivity index (χ3v) is 4.25. The first-order valence-electron chi connectivity index (χ1n) is 7.08. The molecule has 0 aromatic carbocycles. The van der Waals surface area contributed by atoms with Gasteiger partial charge in [0.2, 0.25) is 0 Å². The summed E-state index contributed by atoms with van der Waals surface area (Å²) in [5, 5.41) is 9.16. The van der Waals surface area contributed by atoms with Crippen LogP contribution >= 0.6 is 0 Å². The molecule has 3 heterocycles. The fourth-order valence-corrected chi connectivity index (χ4v) is 3.10. The quantitative estimate of drug-likeness (QED) is 0.898. The highest BCUT2D eigenvalue weighted by Crippen LogP contribution is 2.25. The van der Waals surface area contributed by atoms with Crippen LogP contribution in [0.1, 0.15) is 30.8 Å². The summed E-state index contributed by atoms with van der Waals surface area (Å²) < 4.78 is 7.63. The van der Waals surface area contributed by atoms with Crippen LogP contribution in [0.3, 0.4) is 0 Å². The van der Waals surface area contributed by atoms with Gasteiger partial charge in [-0.3, -0.25) is 4.79 Å². The molecule has 2 unspecified atom stereocenters. The van der Waals surface area contributed by atoms with Gasteiger partial charge in [-0.05, 0) is 31.6 Å². The zero-order chi connectivity index (χ0) is 13.2. The van der Waals surface area contributed by atoms with Crippen molar-refractivity contribution in [2.45, 2.75) is 38.6 Å². The number of hydrogen-bond acceptors (Lipinski definition) is 3. The Morgan fingerprint density at radius 2 is 2.42 bits per heavy atom. The van der Waals surface area contributed by atoms with E-state index in [1.165, 1.54) is 12.1 Å². The van der Waals surface area contributed by atoms with Crippen LogP contribution in [-0.2, 0) is 28.9 Å². The summed E-state index contributed by atoms with van der Waals surface area (Å²) in [6.07, 6.45) is 6.68. The van der Waals surface area contributed by atoms with Crippen molar-refractivity contribution < 1.29 is 14.6 Å². The van der Waals surface area contributed by atoms with Gasteiger partial charge in [0.15, 0.2) is 0 Å². The normalized spacial score (nSPS) is 26.9. The first kappa shape index (κ1) is 12.7. The standard InChI is InChI=1S/C14H20N2O3/c17-14(18)11-3-4-12-7-15-13(16(12)8-11)6-10-2-1-5-19-9-10/h7,10-11H,1-6,8-9H2,(H,17,18). The maximum absolute atomic E-state index is 11.1. The largest absolute Gasteiger partial charge is 0.481 e. The van der Waals surface area contributed by atoms with Gasteiger partial charge >= 0.3 is 5.97 Å². The third kappa shape index (κ3) is 2.66. The molecule has 104 valence electrons. The topological polar surface area (TPSA) is 64.3 Å². The van der Waals surface area contributed by atoms with Gasteiger partial charge < -0.3 is 14.4 Å². The van der Waals surface area contributed by atoms with Crippen LogP contribution in [0, 0.1) is 11.8 Å². The molecule has 5 heteroatoms. The molecule has 2 aliphatic heterocycles. The van der Waals surface area contributed by atoms with Gasteiger partial charge in [0.1, 0.15) is 5.82 Å². The number of nitrogens with zero attached hydrogens (tertiary/aromatic N) is 2. The average Bonchev–Trinajstić information content (AvgIpc) is 2.82. The number of fused-ring (bicyclic) bond motifs is 1. The zero-order valence-corrected chi connectivity index (χ0v) is 11.0. The Bertz CT molecular complexity index is 463. The Labute approximate surface area is 112 Å². The van der Waals surface area contributed by atoms with E-state index in [0.717, 1.165) is 44.7 Å². The number of aryl methyl sites for hydroxylation is 1. The van der Waals surface area contributed by atoms with Crippen LogP contribution in [0.15, 0.2) is 6.20 Å². The molecule has 0 radical (unpaired) electrons. The van der Waals surface area contributed by atoms with Crippen molar-refractivity contribution in [3.05, 3.63) is 17.7 Å². The van der Waals surface area contributed by atoms with Crippen LogP contribution < -0.4 is 0 Å². The SMILES string of the molecule is O=C(O)C1CCc2cnc(CC3CCCOC3)n2C1. The number of carbonyl (C=O) groups is 1. The third-order valence-electron chi connectivity index (χ3n) is 4.25. The van der Waals surface area contributed by atoms with Crippen molar-refractivity contribution in [2.75, 3.05) is 13.2 Å². The molecule has 5 nitrogen and oxygen atoms in total. The Balaban J connectivity index is 1.73.